The van der Waals surface area contributed by atoms with E-state index >= 15 is 0 Å². The topological polar surface area (TPSA) is 91.8 Å². The van der Waals surface area contributed by atoms with Gasteiger partial charge in [-0.25, -0.2) is 13.2 Å². The summed E-state index contributed by atoms with van der Waals surface area (Å²) < 4.78 is 40.0. The number of rotatable bonds is 5. The summed E-state index contributed by atoms with van der Waals surface area (Å²) in [6.07, 6.45) is 1.33. The van der Waals surface area contributed by atoms with E-state index in [1.807, 2.05) is 0 Å². The maximum absolute atomic E-state index is 13.7. The average molecular weight is 374 g/mol. The van der Waals surface area contributed by atoms with Crippen LogP contribution in [0.3, 0.4) is 0 Å². The normalized spacial score (nSPS) is 10.4. The highest BCUT2D eigenvalue weighted by atomic mass is 19.2. The van der Waals surface area contributed by atoms with Crippen LogP contribution in [0.5, 0.6) is 0 Å². The predicted octanol–water partition coefficient (Wildman–Crippen LogP) is 3.73. The monoisotopic (exact) mass is 374 g/mol. The first-order chi connectivity index (χ1) is 12.9. The lowest BCUT2D eigenvalue weighted by atomic mass is 10.2. The van der Waals surface area contributed by atoms with Gasteiger partial charge in [0, 0.05) is 18.3 Å². The number of halogens is 3. The Morgan fingerprint density at radius 3 is 2.33 bits per heavy atom. The molecule has 0 aliphatic rings. The number of hydrogen-bond donors (Lipinski definition) is 3. The van der Waals surface area contributed by atoms with Crippen molar-refractivity contribution in [2.45, 2.75) is 6.92 Å². The summed E-state index contributed by atoms with van der Waals surface area (Å²) in [5.41, 5.74) is 0.951. The number of carbonyl (C=O) groups excluding carboxylic acids is 1. The Bertz CT molecular complexity index is 981. The molecule has 0 saturated heterocycles. The van der Waals surface area contributed by atoms with E-state index in [1.54, 1.807) is 24.3 Å². The van der Waals surface area contributed by atoms with Crippen molar-refractivity contribution in [2.75, 3.05) is 16.0 Å². The third kappa shape index (κ3) is 4.48. The minimum Gasteiger partial charge on any atom is -0.339 e. The summed E-state index contributed by atoms with van der Waals surface area (Å²) >= 11 is 0. The van der Waals surface area contributed by atoms with Gasteiger partial charge in [-0.1, -0.05) is 0 Å². The third-order valence-corrected chi connectivity index (χ3v) is 3.32. The summed E-state index contributed by atoms with van der Waals surface area (Å²) in [7, 11) is 0. The predicted molar refractivity (Wildman–Crippen MR) is 93.5 cm³/mol. The Morgan fingerprint density at radius 2 is 1.63 bits per heavy atom. The Hall–Kier alpha value is -3.69. The van der Waals surface area contributed by atoms with E-state index in [9.17, 15) is 18.0 Å². The fraction of sp³-hybridized carbons (Fsp3) is 0.0588. The van der Waals surface area contributed by atoms with Crippen molar-refractivity contribution in [3.63, 3.8) is 0 Å². The first-order valence-corrected chi connectivity index (χ1v) is 7.67. The van der Waals surface area contributed by atoms with Crippen molar-refractivity contribution in [3.05, 3.63) is 60.0 Å². The molecule has 27 heavy (non-hydrogen) atoms. The molecule has 0 aliphatic carbocycles. The minimum absolute atomic E-state index is 0.111. The Balaban J connectivity index is 1.74. The molecule has 2 aromatic carbocycles. The number of amides is 1. The SMILES string of the molecule is CC(=O)Nc1ccc(Nc2cnnc(Nc3ccc(F)c(F)c3F)n2)cc1. The lowest BCUT2D eigenvalue weighted by Crippen LogP contribution is -2.06. The number of aromatic nitrogens is 3. The van der Waals surface area contributed by atoms with Gasteiger partial charge in [0.15, 0.2) is 23.3 Å². The van der Waals surface area contributed by atoms with Gasteiger partial charge in [-0.15, -0.1) is 5.10 Å². The fourth-order valence-corrected chi connectivity index (χ4v) is 2.15. The third-order valence-electron chi connectivity index (χ3n) is 3.32. The lowest BCUT2D eigenvalue weighted by Gasteiger charge is -2.09. The lowest BCUT2D eigenvalue weighted by molar-refractivity contribution is -0.114. The van der Waals surface area contributed by atoms with Crippen LogP contribution in [0.15, 0.2) is 42.6 Å². The zero-order valence-electron chi connectivity index (χ0n) is 13.9. The van der Waals surface area contributed by atoms with Gasteiger partial charge in [-0.3, -0.25) is 4.79 Å². The number of benzene rings is 2. The molecule has 3 rings (SSSR count). The van der Waals surface area contributed by atoms with E-state index in [0.29, 0.717) is 11.4 Å². The van der Waals surface area contributed by atoms with Crippen molar-refractivity contribution in [3.8, 4) is 0 Å². The second-order valence-electron chi connectivity index (χ2n) is 5.40. The summed E-state index contributed by atoms with van der Waals surface area (Å²) in [5.74, 6) is -4.29. The van der Waals surface area contributed by atoms with Crippen LogP contribution in [-0.4, -0.2) is 21.1 Å². The Kier molecular flexibility index (Phi) is 5.15. The van der Waals surface area contributed by atoms with Gasteiger partial charge in [0.2, 0.25) is 11.9 Å². The molecule has 1 amide bonds. The van der Waals surface area contributed by atoms with Gasteiger partial charge < -0.3 is 16.0 Å². The molecule has 1 aromatic heterocycles. The van der Waals surface area contributed by atoms with Gasteiger partial charge in [0.25, 0.3) is 0 Å². The maximum atomic E-state index is 13.7. The average Bonchev–Trinajstić information content (AvgIpc) is 2.64. The highest BCUT2D eigenvalue weighted by molar-refractivity contribution is 5.88. The summed E-state index contributed by atoms with van der Waals surface area (Å²) in [4.78, 5) is 15.1. The molecule has 0 aliphatic heterocycles. The van der Waals surface area contributed by atoms with Crippen LogP contribution in [0.2, 0.25) is 0 Å². The van der Waals surface area contributed by atoms with Crippen molar-refractivity contribution in [1.29, 1.82) is 0 Å². The zero-order chi connectivity index (χ0) is 19.4. The summed E-state index contributed by atoms with van der Waals surface area (Å²) in [5, 5.41) is 15.4. The van der Waals surface area contributed by atoms with Crippen LogP contribution in [0.1, 0.15) is 6.92 Å². The number of nitrogens with zero attached hydrogens (tertiary/aromatic N) is 3. The quantitative estimate of drug-likeness (QED) is 0.590. The molecular formula is C17H13F3N6O. The van der Waals surface area contributed by atoms with Crippen LogP contribution in [-0.2, 0) is 4.79 Å². The van der Waals surface area contributed by atoms with Crippen LogP contribution in [0, 0.1) is 17.5 Å². The number of hydrogen-bond acceptors (Lipinski definition) is 6. The smallest absolute Gasteiger partial charge is 0.249 e. The first kappa shape index (κ1) is 18.1. The highest BCUT2D eigenvalue weighted by Crippen LogP contribution is 2.23. The summed E-state index contributed by atoms with van der Waals surface area (Å²) in [6, 6.07) is 8.60. The second-order valence-corrected chi connectivity index (χ2v) is 5.40. The van der Waals surface area contributed by atoms with Gasteiger partial charge in [-0.2, -0.15) is 10.1 Å². The van der Waals surface area contributed by atoms with E-state index in [4.69, 9.17) is 0 Å². The fourth-order valence-electron chi connectivity index (χ4n) is 2.15. The zero-order valence-corrected chi connectivity index (χ0v) is 13.9. The molecule has 1 heterocycles. The molecular weight excluding hydrogens is 361 g/mol. The summed E-state index contributed by atoms with van der Waals surface area (Å²) in [6.45, 7) is 1.41. The molecule has 0 fully saturated rings. The molecule has 7 nitrogen and oxygen atoms in total. The van der Waals surface area contributed by atoms with Crippen molar-refractivity contribution >= 4 is 34.7 Å². The van der Waals surface area contributed by atoms with Gasteiger partial charge >= 0.3 is 0 Å². The highest BCUT2D eigenvalue weighted by Gasteiger charge is 2.14. The molecule has 3 N–H and O–H groups in total. The van der Waals surface area contributed by atoms with E-state index in [1.165, 1.54) is 13.1 Å². The first-order valence-electron chi connectivity index (χ1n) is 7.67. The molecule has 10 heteroatoms. The van der Waals surface area contributed by atoms with Crippen molar-refractivity contribution in [2.24, 2.45) is 0 Å². The van der Waals surface area contributed by atoms with E-state index in [0.717, 1.165) is 12.1 Å². The molecule has 0 atom stereocenters. The number of anilines is 5. The Labute approximate surface area is 151 Å². The van der Waals surface area contributed by atoms with Crippen LogP contribution in [0.4, 0.5) is 42.0 Å². The Morgan fingerprint density at radius 1 is 0.926 bits per heavy atom. The molecule has 3 aromatic rings. The van der Waals surface area contributed by atoms with Gasteiger partial charge in [0.1, 0.15) is 0 Å². The van der Waals surface area contributed by atoms with Gasteiger partial charge in [-0.05, 0) is 36.4 Å². The number of nitrogens with one attached hydrogen (secondary N) is 3. The van der Waals surface area contributed by atoms with E-state index < -0.39 is 17.5 Å². The van der Waals surface area contributed by atoms with E-state index in [-0.39, 0.29) is 23.4 Å². The van der Waals surface area contributed by atoms with Crippen molar-refractivity contribution in [1.82, 2.24) is 15.2 Å². The maximum Gasteiger partial charge on any atom is 0.249 e. The molecule has 0 spiro atoms. The van der Waals surface area contributed by atoms with Crippen LogP contribution < -0.4 is 16.0 Å². The molecule has 0 unspecified atom stereocenters. The molecule has 138 valence electrons. The molecule has 0 bridgehead atoms. The van der Waals surface area contributed by atoms with Crippen molar-refractivity contribution < 1.29 is 18.0 Å². The molecule has 0 saturated carbocycles. The minimum atomic E-state index is -1.60. The molecule has 0 radical (unpaired) electrons. The van der Waals surface area contributed by atoms with Crippen LogP contribution >= 0.6 is 0 Å². The van der Waals surface area contributed by atoms with Gasteiger partial charge in [0.05, 0.1) is 11.9 Å². The largest absolute Gasteiger partial charge is 0.339 e. The van der Waals surface area contributed by atoms with E-state index in [2.05, 4.69) is 31.1 Å². The van der Waals surface area contributed by atoms with Crippen LogP contribution in [0.25, 0.3) is 0 Å². The second kappa shape index (κ2) is 7.68. The standard InChI is InChI=1S/C17H13F3N6O/c1-9(27)22-10-2-4-11(5-3-10)23-14-8-21-26-17(25-14)24-13-7-6-12(18)15(19)16(13)20/h2-8H,1H3,(H,22,27)(H2,23,24,25,26). The number of carbonyl (C=O) groups is 1.